The molecule has 0 unspecified atom stereocenters. The summed E-state index contributed by atoms with van der Waals surface area (Å²) < 4.78 is 29.8. The van der Waals surface area contributed by atoms with Crippen LogP contribution in [0.5, 0.6) is 0 Å². The molecule has 1 rings (SSSR count). The number of benzene rings is 1. The maximum atomic E-state index is 10.6. The first-order chi connectivity index (χ1) is 6.32. The second kappa shape index (κ2) is 6.97. The monoisotopic (exact) mass is 263 g/mol. The van der Waals surface area contributed by atoms with Crippen molar-refractivity contribution in [1.29, 1.82) is 0 Å². The minimum absolute atomic E-state index is 0. The van der Waals surface area contributed by atoms with E-state index in [0.29, 0.717) is 0 Å². The maximum Gasteiger partial charge on any atom is 0.337 e. The van der Waals surface area contributed by atoms with Gasteiger partial charge in [0.1, 0.15) is 0 Å². The van der Waals surface area contributed by atoms with Gasteiger partial charge >= 0.3 is 5.97 Å². The Hall–Kier alpha value is 0.400. The van der Waals surface area contributed by atoms with Gasteiger partial charge in [-0.25, -0.2) is 4.79 Å². The number of nitrogens with two attached hydrogens (primary N) is 1. The van der Waals surface area contributed by atoms with Gasteiger partial charge in [-0.2, -0.15) is 8.42 Å². The standard InChI is InChI=1S/C7H7NO5S.2Na/c8-6-3-4(14(11,12)13)1-2-5(6)7(9)10;;/h1-3H,8H2,(H,9,10)(H,11,12,13);;. The molecule has 0 spiro atoms. The number of hydrogen-bond donors (Lipinski definition) is 3. The van der Waals surface area contributed by atoms with E-state index in [1.54, 1.807) is 0 Å². The topological polar surface area (TPSA) is 118 Å². The number of carboxylic acids is 1. The SMILES string of the molecule is Nc1cc(S(=O)(=O)O)ccc1C(=O)O.[Na].[Na]. The summed E-state index contributed by atoms with van der Waals surface area (Å²) in [4.78, 5) is 10.1. The van der Waals surface area contributed by atoms with Crippen molar-refractivity contribution in [3.63, 3.8) is 0 Å². The molecule has 0 bridgehead atoms. The molecule has 4 N–H and O–H groups in total. The Kier molecular flexibility index (Phi) is 8.17. The molecule has 0 amide bonds. The number of aromatic carboxylic acids is 1. The first kappa shape index (κ1) is 18.8. The molecule has 0 fully saturated rings. The van der Waals surface area contributed by atoms with Gasteiger partial charge in [-0.1, -0.05) is 0 Å². The maximum absolute atomic E-state index is 10.6. The predicted octanol–water partition coefficient (Wildman–Crippen LogP) is -0.548. The molecule has 0 heterocycles. The van der Waals surface area contributed by atoms with Crippen LogP contribution < -0.4 is 5.73 Å². The molecule has 0 aliphatic heterocycles. The number of rotatable bonds is 2. The molecule has 0 aliphatic rings. The van der Waals surface area contributed by atoms with Gasteiger partial charge in [0.2, 0.25) is 0 Å². The Bertz CT molecular complexity index is 488. The van der Waals surface area contributed by atoms with E-state index in [1.807, 2.05) is 0 Å². The minimum atomic E-state index is -4.34. The van der Waals surface area contributed by atoms with Crippen LogP contribution in [-0.4, -0.2) is 83.2 Å². The van der Waals surface area contributed by atoms with Crippen LogP contribution in [0.1, 0.15) is 10.4 Å². The molecule has 0 aliphatic carbocycles. The summed E-state index contributed by atoms with van der Waals surface area (Å²) in [5, 5.41) is 8.57. The van der Waals surface area contributed by atoms with Crippen molar-refractivity contribution in [3.8, 4) is 0 Å². The van der Waals surface area contributed by atoms with Gasteiger partial charge < -0.3 is 10.8 Å². The summed E-state index contributed by atoms with van der Waals surface area (Å²) in [6.07, 6.45) is 0. The summed E-state index contributed by atoms with van der Waals surface area (Å²) in [7, 11) is -4.34. The van der Waals surface area contributed by atoms with Crippen LogP contribution in [0.2, 0.25) is 0 Å². The molecular weight excluding hydrogens is 256 g/mol. The van der Waals surface area contributed by atoms with Crippen molar-refractivity contribution in [3.05, 3.63) is 23.8 Å². The second-order valence-corrected chi connectivity index (χ2v) is 3.95. The third-order valence-corrected chi connectivity index (χ3v) is 2.40. The van der Waals surface area contributed by atoms with E-state index in [9.17, 15) is 13.2 Å². The average molecular weight is 263 g/mol. The minimum Gasteiger partial charge on any atom is -0.478 e. The number of carboxylic acid groups (broad SMARTS) is 1. The molecule has 0 atom stereocenters. The molecule has 1 aromatic rings. The van der Waals surface area contributed by atoms with E-state index in [1.165, 1.54) is 0 Å². The Morgan fingerprint density at radius 3 is 2.06 bits per heavy atom. The molecule has 0 saturated carbocycles. The van der Waals surface area contributed by atoms with Crippen molar-refractivity contribution in [2.75, 3.05) is 5.73 Å². The zero-order valence-corrected chi connectivity index (χ0v) is 13.7. The fourth-order valence-electron chi connectivity index (χ4n) is 0.896. The zero-order chi connectivity index (χ0) is 10.9. The van der Waals surface area contributed by atoms with Gasteiger partial charge in [-0.05, 0) is 18.2 Å². The second-order valence-electron chi connectivity index (χ2n) is 2.53. The molecule has 6 nitrogen and oxygen atoms in total. The van der Waals surface area contributed by atoms with Crippen molar-refractivity contribution < 1.29 is 22.9 Å². The Morgan fingerprint density at radius 2 is 1.75 bits per heavy atom. The molecule has 2 radical (unpaired) electrons. The number of hydrogen-bond acceptors (Lipinski definition) is 4. The van der Waals surface area contributed by atoms with Gasteiger partial charge in [0.05, 0.1) is 10.5 Å². The molecule has 9 heteroatoms. The van der Waals surface area contributed by atoms with E-state index >= 15 is 0 Å². The molecule has 0 saturated heterocycles. The van der Waals surface area contributed by atoms with Crippen LogP contribution in [0, 0.1) is 0 Å². The van der Waals surface area contributed by atoms with Gasteiger partial charge in [-0.15, -0.1) is 0 Å². The zero-order valence-electron chi connectivity index (χ0n) is 8.84. The van der Waals surface area contributed by atoms with Crippen LogP contribution in [0.4, 0.5) is 5.69 Å². The van der Waals surface area contributed by atoms with Crippen molar-refractivity contribution in [1.82, 2.24) is 0 Å². The predicted molar refractivity (Wildman–Crippen MR) is 59.1 cm³/mol. The first-order valence-corrected chi connectivity index (χ1v) is 4.86. The summed E-state index contributed by atoms with van der Waals surface area (Å²) in [6, 6.07) is 2.87. The summed E-state index contributed by atoms with van der Waals surface area (Å²) >= 11 is 0. The molecule has 0 aromatic heterocycles. The van der Waals surface area contributed by atoms with Crippen LogP contribution >= 0.6 is 0 Å². The quantitative estimate of drug-likeness (QED) is 0.374. The largest absolute Gasteiger partial charge is 0.478 e. The van der Waals surface area contributed by atoms with Gasteiger partial charge in [0.25, 0.3) is 10.1 Å². The van der Waals surface area contributed by atoms with Crippen molar-refractivity contribution in [2.45, 2.75) is 4.90 Å². The third-order valence-electron chi connectivity index (χ3n) is 1.55. The first-order valence-electron chi connectivity index (χ1n) is 3.42. The summed E-state index contributed by atoms with van der Waals surface area (Å²) in [5.41, 5.74) is 4.84. The van der Waals surface area contributed by atoms with Gasteiger partial charge in [0.15, 0.2) is 0 Å². The van der Waals surface area contributed by atoms with E-state index in [4.69, 9.17) is 15.4 Å². The van der Waals surface area contributed by atoms with Crippen molar-refractivity contribution >= 4 is 80.9 Å². The van der Waals surface area contributed by atoms with Crippen LogP contribution in [0.3, 0.4) is 0 Å². The normalized spacial score (nSPS) is 9.81. The van der Waals surface area contributed by atoms with E-state index in [-0.39, 0.29) is 70.4 Å². The Morgan fingerprint density at radius 1 is 1.25 bits per heavy atom. The number of nitrogen functional groups attached to an aromatic ring is 1. The van der Waals surface area contributed by atoms with Crippen molar-refractivity contribution in [2.24, 2.45) is 0 Å². The van der Waals surface area contributed by atoms with E-state index in [0.717, 1.165) is 18.2 Å². The molecule has 1 aromatic carbocycles. The molecule has 16 heavy (non-hydrogen) atoms. The number of anilines is 1. The van der Waals surface area contributed by atoms with Gasteiger partial charge in [0, 0.05) is 64.8 Å². The molecule has 78 valence electrons. The summed E-state index contributed by atoms with van der Waals surface area (Å²) in [5.74, 6) is -1.26. The molecular formula is C7H7NNa2O5S. The average Bonchev–Trinajstić information content (AvgIpc) is 2.01. The van der Waals surface area contributed by atoms with E-state index in [2.05, 4.69) is 0 Å². The van der Waals surface area contributed by atoms with Crippen LogP contribution in [-0.2, 0) is 10.1 Å². The van der Waals surface area contributed by atoms with Crippen LogP contribution in [0.15, 0.2) is 23.1 Å². The van der Waals surface area contributed by atoms with E-state index < -0.39 is 21.0 Å². The number of carbonyl (C=O) groups is 1. The fourth-order valence-corrected chi connectivity index (χ4v) is 1.41. The summed E-state index contributed by atoms with van der Waals surface area (Å²) in [6.45, 7) is 0. The third kappa shape index (κ3) is 4.72. The fraction of sp³-hybridized carbons (Fsp3) is 0. The Balaban J connectivity index is 0. The Labute approximate surface area is 137 Å². The smallest absolute Gasteiger partial charge is 0.337 e. The van der Waals surface area contributed by atoms with Crippen LogP contribution in [0.25, 0.3) is 0 Å². The van der Waals surface area contributed by atoms with Gasteiger partial charge in [-0.3, -0.25) is 4.55 Å².